The third kappa shape index (κ3) is 5.10. The summed E-state index contributed by atoms with van der Waals surface area (Å²) in [5.41, 5.74) is 0.348. The van der Waals surface area contributed by atoms with Gasteiger partial charge in [0.1, 0.15) is 0 Å². The minimum atomic E-state index is 0.269. The van der Waals surface area contributed by atoms with E-state index in [4.69, 9.17) is 0 Å². The summed E-state index contributed by atoms with van der Waals surface area (Å²) in [6.45, 7) is 0.538. The summed E-state index contributed by atoms with van der Waals surface area (Å²) in [6.07, 6.45) is 8.68. The SMILES string of the molecule is OCC(CBr)CC1(CC(CO)CBr)CCCCC1. The number of hydrogen-bond donors (Lipinski definition) is 2. The van der Waals surface area contributed by atoms with Crippen molar-refractivity contribution < 1.29 is 10.2 Å². The number of hydrogen-bond acceptors (Lipinski definition) is 2. The minimum absolute atomic E-state index is 0.269. The standard InChI is InChI=1S/C14H26Br2O2/c15-8-12(10-17)6-14(4-2-1-3-5-14)7-13(9-16)11-18/h12-13,17-18H,1-11H2. The first-order valence-electron chi connectivity index (χ1n) is 7.03. The lowest BCUT2D eigenvalue weighted by molar-refractivity contribution is 0.0781. The lowest BCUT2D eigenvalue weighted by atomic mass is 9.65. The zero-order chi connectivity index (χ0) is 13.4. The van der Waals surface area contributed by atoms with Gasteiger partial charge in [-0.2, -0.15) is 0 Å². The van der Waals surface area contributed by atoms with Crippen molar-refractivity contribution in [2.45, 2.75) is 44.9 Å². The van der Waals surface area contributed by atoms with Crippen LogP contribution < -0.4 is 0 Å². The highest BCUT2D eigenvalue weighted by Crippen LogP contribution is 2.46. The molecule has 18 heavy (non-hydrogen) atoms. The normalized spacial score (nSPS) is 22.7. The van der Waals surface area contributed by atoms with Gasteiger partial charge in [-0.25, -0.2) is 0 Å². The van der Waals surface area contributed by atoms with Gasteiger partial charge in [0.2, 0.25) is 0 Å². The fraction of sp³-hybridized carbons (Fsp3) is 1.00. The fourth-order valence-corrected chi connectivity index (χ4v) is 4.22. The van der Waals surface area contributed by atoms with Crippen molar-refractivity contribution in [2.24, 2.45) is 17.3 Å². The Bertz CT molecular complexity index is 194. The van der Waals surface area contributed by atoms with Gasteiger partial charge < -0.3 is 10.2 Å². The Hall–Kier alpha value is 0.880. The predicted molar refractivity (Wildman–Crippen MR) is 83.5 cm³/mol. The van der Waals surface area contributed by atoms with E-state index in [9.17, 15) is 10.2 Å². The van der Waals surface area contributed by atoms with Crippen LogP contribution >= 0.6 is 31.9 Å². The molecule has 0 spiro atoms. The molecule has 1 aliphatic rings. The highest BCUT2D eigenvalue weighted by Gasteiger charge is 2.35. The molecule has 0 saturated heterocycles. The fourth-order valence-electron chi connectivity index (χ4n) is 3.35. The highest BCUT2D eigenvalue weighted by molar-refractivity contribution is 9.09. The summed E-state index contributed by atoms with van der Waals surface area (Å²) in [7, 11) is 0. The monoisotopic (exact) mass is 384 g/mol. The lowest BCUT2D eigenvalue weighted by Gasteiger charge is -2.41. The summed E-state index contributed by atoms with van der Waals surface area (Å²) in [4.78, 5) is 0. The molecule has 0 amide bonds. The lowest BCUT2D eigenvalue weighted by Crippen LogP contribution is -2.32. The van der Waals surface area contributed by atoms with Crippen LogP contribution in [0.4, 0.5) is 0 Å². The quantitative estimate of drug-likeness (QED) is 0.625. The Morgan fingerprint density at radius 2 is 1.28 bits per heavy atom. The van der Waals surface area contributed by atoms with E-state index in [0.717, 1.165) is 23.5 Å². The van der Waals surface area contributed by atoms with Gasteiger partial charge in [-0.3, -0.25) is 0 Å². The van der Waals surface area contributed by atoms with Crippen LogP contribution in [0.15, 0.2) is 0 Å². The van der Waals surface area contributed by atoms with E-state index in [-0.39, 0.29) is 13.2 Å². The Kier molecular flexibility index (Phi) is 8.40. The summed E-state index contributed by atoms with van der Waals surface area (Å²) < 4.78 is 0. The minimum Gasteiger partial charge on any atom is -0.396 e. The number of halogens is 2. The maximum atomic E-state index is 9.43. The average molecular weight is 386 g/mol. The molecule has 0 heterocycles. The second kappa shape index (κ2) is 8.93. The Balaban J connectivity index is 2.67. The number of aliphatic hydroxyl groups is 2. The second-order valence-electron chi connectivity index (χ2n) is 5.87. The van der Waals surface area contributed by atoms with Crippen LogP contribution in [0.5, 0.6) is 0 Å². The maximum Gasteiger partial charge on any atom is 0.0467 e. The van der Waals surface area contributed by atoms with Crippen LogP contribution in [0, 0.1) is 17.3 Å². The molecular weight excluding hydrogens is 360 g/mol. The zero-order valence-electron chi connectivity index (χ0n) is 11.1. The van der Waals surface area contributed by atoms with Crippen molar-refractivity contribution in [3.8, 4) is 0 Å². The van der Waals surface area contributed by atoms with Gasteiger partial charge in [-0.15, -0.1) is 0 Å². The van der Waals surface area contributed by atoms with Crippen LogP contribution in [0.25, 0.3) is 0 Å². The van der Waals surface area contributed by atoms with E-state index in [1.807, 2.05) is 0 Å². The van der Waals surface area contributed by atoms with Crippen molar-refractivity contribution in [2.75, 3.05) is 23.9 Å². The Morgan fingerprint density at radius 1 is 0.833 bits per heavy atom. The first kappa shape index (κ1) is 16.9. The van der Waals surface area contributed by atoms with Gasteiger partial charge in [0, 0.05) is 23.9 Å². The van der Waals surface area contributed by atoms with E-state index < -0.39 is 0 Å². The second-order valence-corrected chi connectivity index (χ2v) is 7.17. The third-order valence-electron chi connectivity index (χ3n) is 4.31. The van der Waals surface area contributed by atoms with Gasteiger partial charge in [0.25, 0.3) is 0 Å². The van der Waals surface area contributed by atoms with E-state index in [0.29, 0.717) is 17.3 Å². The molecule has 0 aliphatic heterocycles. The summed E-state index contributed by atoms with van der Waals surface area (Å²) in [6, 6.07) is 0. The predicted octanol–water partition coefficient (Wildman–Crippen LogP) is 3.72. The molecule has 1 rings (SSSR count). The summed E-state index contributed by atoms with van der Waals surface area (Å²) in [5.74, 6) is 0.718. The smallest absolute Gasteiger partial charge is 0.0467 e. The maximum absolute atomic E-state index is 9.43. The molecule has 2 unspecified atom stereocenters. The molecule has 2 atom stereocenters. The van der Waals surface area contributed by atoms with Gasteiger partial charge >= 0.3 is 0 Å². The number of alkyl halides is 2. The molecule has 0 radical (unpaired) electrons. The molecule has 0 bridgehead atoms. The van der Waals surface area contributed by atoms with Crippen LogP contribution in [-0.2, 0) is 0 Å². The molecule has 0 aromatic carbocycles. The van der Waals surface area contributed by atoms with E-state index in [1.165, 1.54) is 32.1 Å². The highest BCUT2D eigenvalue weighted by atomic mass is 79.9. The first-order valence-corrected chi connectivity index (χ1v) is 9.27. The molecule has 1 fully saturated rings. The largest absolute Gasteiger partial charge is 0.396 e. The van der Waals surface area contributed by atoms with Crippen LogP contribution in [0.3, 0.4) is 0 Å². The third-order valence-corrected chi connectivity index (χ3v) is 6.14. The first-order chi connectivity index (χ1) is 8.69. The molecule has 1 saturated carbocycles. The molecule has 0 aromatic rings. The molecule has 0 aromatic heterocycles. The van der Waals surface area contributed by atoms with Gasteiger partial charge in [0.15, 0.2) is 0 Å². The van der Waals surface area contributed by atoms with Crippen LogP contribution in [0.2, 0.25) is 0 Å². The molecular formula is C14H26Br2O2. The molecule has 2 N–H and O–H groups in total. The molecule has 1 aliphatic carbocycles. The van der Waals surface area contributed by atoms with Gasteiger partial charge in [-0.05, 0) is 42.9 Å². The Morgan fingerprint density at radius 3 is 1.61 bits per heavy atom. The molecule has 2 nitrogen and oxygen atoms in total. The van der Waals surface area contributed by atoms with Crippen molar-refractivity contribution in [1.29, 1.82) is 0 Å². The molecule has 4 heteroatoms. The van der Waals surface area contributed by atoms with Gasteiger partial charge in [-0.1, -0.05) is 51.1 Å². The number of aliphatic hydroxyl groups excluding tert-OH is 2. The average Bonchev–Trinajstić information content (AvgIpc) is 2.43. The van der Waals surface area contributed by atoms with Crippen LogP contribution in [-0.4, -0.2) is 34.1 Å². The van der Waals surface area contributed by atoms with E-state index in [2.05, 4.69) is 31.9 Å². The van der Waals surface area contributed by atoms with E-state index in [1.54, 1.807) is 0 Å². The van der Waals surface area contributed by atoms with Crippen molar-refractivity contribution in [3.05, 3.63) is 0 Å². The Labute approximate surface area is 128 Å². The topological polar surface area (TPSA) is 40.5 Å². The van der Waals surface area contributed by atoms with Crippen molar-refractivity contribution >= 4 is 31.9 Å². The van der Waals surface area contributed by atoms with Crippen molar-refractivity contribution in [3.63, 3.8) is 0 Å². The summed E-state index contributed by atoms with van der Waals surface area (Å²) in [5, 5.41) is 20.6. The van der Waals surface area contributed by atoms with E-state index >= 15 is 0 Å². The molecule has 108 valence electrons. The zero-order valence-corrected chi connectivity index (χ0v) is 14.3. The van der Waals surface area contributed by atoms with Gasteiger partial charge in [0.05, 0.1) is 0 Å². The summed E-state index contributed by atoms with van der Waals surface area (Å²) >= 11 is 7.02. The van der Waals surface area contributed by atoms with Crippen LogP contribution in [0.1, 0.15) is 44.9 Å². The van der Waals surface area contributed by atoms with Crippen molar-refractivity contribution in [1.82, 2.24) is 0 Å². The number of rotatable bonds is 8.